The van der Waals surface area contributed by atoms with E-state index in [4.69, 9.17) is 11.6 Å². The van der Waals surface area contributed by atoms with Crippen molar-refractivity contribution in [3.05, 3.63) is 53.8 Å². The Morgan fingerprint density at radius 2 is 1.88 bits per heavy atom. The lowest BCUT2D eigenvalue weighted by molar-refractivity contribution is 0.475. The molecular weight excluding hydrogens is 236 g/mol. The number of rotatable bonds is 1. The van der Waals surface area contributed by atoms with Gasteiger partial charge in [0.25, 0.3) is 0 Å². The highest BCUT2D eigenvalue weighted by Crippen LogP contribution is 2.23. The zero-order valence-electron chi connectivity index (χ0n) is 8.84. The maximum absolute atomic E-state index is 9.26. The third kappa shape index (κ3) is 1.74. The Balaban J connectivity index is 2.21. The van der Waals surface area contributed by atoms with E-state index < -0.39 is 0 Å². The quantitative estimate of drug-likeness (QED) is 0.713. The van der Waals surface area contributed by atoms with Crippen LogP contribution in [0.5, 0.6) is 5.75 Å². The number of halogens is 1. The minimum Gasteiger partial charge on any atom is -0.508 e. The standard InChI is InChI=1S/C13H9ClN2O/c14-10-5-6-16-11(7-10)8-15-13(16)9-1-3-12(17)4-2-9/h1-8,17H. The summed E-state index contributed by atoms with van der Waals surface area (Å²) < 4.78 is 1.96. The van der Waals surface area contributed by atoms with Crippen molar-refractivity contribution in [3.8, 4) is 17.1 Å². The van der Waals surface area contributed by atoms with Crippen molar-refractivity contribution in [3.63, 3.8) is 0 Å². The van der Waals surface area contributed by atoms with E-state index in [-0.39, 0.29) is 5.75 Å². The minimum absolute atomic E-state index is 0.248. The molecule has 0 spiro atoms. The number of hydrogen-bond donors (Lipinski definition) is 1. The second-order valence-electron chi connectivity index (χ2n) is 3.77. The summed E-state index contributed by atoms with van der Waals surface area (Å²) in [5, 5.41) is 9.95. The van der Waals surface area contributed by atoms with E-state index in [2.05, 4.69) is 4.98 Å². The van der Waals surface area contributed by atoms with E-state index in [0.29, 0.717) is 5.02 Å². The van der Waals surface area contributed by atoms with Gasteiger partial charge in [0, 0.05) is 16.8 Å². The molecule has 4 heteroatoms. The van der Waals surface area contributed by atoms with Crippen LogP contribution in [0.25, 0.3) is 16.9 Å². The molecule has 1 aromatic carbocycles. The molecule has 2 aromatic heterocycles. The lowest BCUT2D eigenvalue weighted by Gasteiger charge is -2.01. The number of aromatic nitrogens is 2. The van der Waals surface area contributed by atoms with Crippen molar-refractivity contribution >= 4 is 17.1 Å². The monoisotopic (exact) mass is 244 g/mol. The second-order valence-corrected chi connectivity index (χ2v) is 4.20. The molecule has 0 fully saturated rings. The molecule has 84 valence electrons. The Hall–Kier alpha value is -2.00. The minimum atomic E-state index is 0.248. The van der Waals surface area contributed by atoms with Crippen LogP contribution in [0.4, 0.5) is 0 Å². The zero-order valence-corrected chi connectivity index (χ0v) is 9.59. The van der Waals surface area contributed by atoms with Crippen molar-refractivity contribution in [1.29, 1.82) is 0 Å². The van der Waals surface area contributed by atoms with Gasteiger partial charge in [0.2, 0.25) is 0 Å². The Morgan fingerprint density at radius 1 is 1.12 bits per heavy atom. The van der Waals surface area contributed by atoms with E-state index in [9.17, 15) is 5.11 Å². The normalized spacial score (nSPS) is 10.9. The Morgan fingerprint density at radius 3 is 2.65 bits per heavy atom. The number of imidazole rings is 1. The van der Waals surface area contributed by atoms with E-state index in [1.165, 1.54) is 0 Å². The van der Waals surface area contributed by atoms with Crippen LogP contribution < -0.4 is 0 Å². The third-order valence-corrected chi connectivity index (χ3v) is 2.85. The predicted molar refractivity (Wildman–Crippen MR) is 67.3 cm³/mol. The topological polar surface area (TPSA) is 37.5 Å². The number of benzene rings is 1. The molecule has 0 aliphatic carbocycles. The molecule has 2 heterocycles. The summed E-state index contributed by atoms with van der Waals surface area (Å²) in [6.07, 6.45) is 3.65. The molecule has 0 aliphatic heterocycles. The SMILES string of the molecule is Oc1ccc(-c2ncc3cc(Cl)ccn23)cc1. The smallest absolute Gasteiger partial charge is 0.144 e. The molecule has 0 radical (unpaired) electrons. The van der Waals surface area contributed by atoms with Gasteiger partial charge in [-0.25, -0.2) is 4.98 Å². The Bertz CT molecular complexity index is 673. The molecule has 0 amide bonds. The number of fused-ring (bicyclic) bond motifs is 1. The second kappa shape index (κ2) is 3.79. The first-order valence-corrected chi connectivity index (χ1v) is 5.54. The van der Waals surface area contributed by atoms with E-state index >= 15 is 0 Å². The summed E-state index contributed by atoms with van der Waals surface area (Å²) in [5.74, 6) is 1.08. The van der Waals surface area contributed by atoms with Gasteiger partial charge in [0.15, 0.2) is 0 Å². The molecule has 3 aromatic rings. The Labute approximate surface area is 103 Å². The molecular formula is C13H9ClN2O. The van der Waals surface area contributed by atoms with Gasteiger partial charge in [-0.1, -0.05) is 11.6 Å². The first-order valence-electron chi connectivity index (χ1n) is 5.16. The van der Waals surface area contributed by atoms with Crippen LogP contribution in [0.3, 0.4) is 0 Å². The van der Waals surface area contributed by atoms with Crippen LogP contribution in [0.1, 0.15) is 0 Å². The fourth-order valence-electron chi connectivity index (χ4n) is 1.80. The maximum atomic E-state index is 9.26. The molecule has 3 nitrogen and oxygen atoms in total. The van der Waals surface area contributed by atoms with Gasteiger partial charge < -0.3 is 5.11 Å². The average Bonchev–Trinajstić information content (AvgIpc) is 2.73. The molecule has 3 rings (SSSR count). The summed E-state index contributed by atoms with van der Waals surface area (Å²) in [6.45, 7) is 0. The van der Waals surface area contributed by atoms with E-state index in [1.807, 2.05) is 34.9 Å². The summed E-state index contributed by atoms with van der Waals surface area (Å²) >= 11 is 5.92. The van der Waals surface area contributed by atoms with Crippen molar-refractivity contribution in [2.24, 2.45) is 0 Å². The summed E-state index contributed by atoms with van der Waals surface area (Å²) in [6, 6.07) is 10.6. The molecule has 17 heavy (non-hydrogen) atoms. The molecule has 0 saturated heterocycles. The number of nitrogens with zero attached hydrogens (tertiary/aromatic N) is 2. The van der Waals surface area contributed by atoms with Gasteiger partial charge in [0.1, 0.15) is 11.6 Å². The van der Waals surface area contributed by atoms with Crippen LogP contribution >= 0.6 is 11.6 Å². The number of phenols is 1. The van der Waals surface area contributed by atoms with Crippen molar-refractivity contribution < 1.29 is 5.11 Å². The van der Waals surface area contributed by atoms with E-state index in [0.717, 1.165) is 16.9 Å². The fourth-order valence-corrected chi connectivity index (χ4v) is 1.96. The van der Waals surface area contributed by atoms with Crippen LogP contribution in [-0.2, 0) is 0 Å². The van der Waals surface area contributed by atoms with Crippen LogP contribution in [-0.4, -0.2) is 14.5 Å². The highest BCUT2D eigenvalue weighted by Gasteiger charge is 2.06. The number of pyridine rings is 1. The molecule has 0 atom stereocenters. The van der Waals surface area contributed by atoms with Gasteiger partial charge in [-0.15, -0.1) is 0 Å². The van der Waals surface area contributed by atoms with Gasteiger partial charge in [-0.3, -0.25) is 4.40 Å². The van der Waals surface area contributed by atoms with Crippen molar-refractivity contribution in [1.82, 2.24) is 9.38 Å². The molecule has 1 N–H and O–H groups in total. The fraction of sp³-hybridized carbons (Fsp3) is 0. The van der Waals surface area contributed by atoms with Gasteiger partial charge in [0.05, 0.1) is 11.7 Å². The van der Waals surface area contributed by atoms with Crippen molar-refractivity contribution in [2.45, 2.75) is 0 Å². The number of phenolic OH excluding ortho intramolecular Hbond substituents is 1. The third-order valence-electron chi connectivity index (χ3n) is 2.62. The van der Waals surface area contributed by atoms with Gasteiger partial charge in [-0.05, 0) is 36.4 Å². The molecule has 0 aliphatic rings. The summed E-state index contributed by atoms with van der Waals surface area (Å²) in [5.41, 5.74) is 1.89. The molecule has 0 unspecified atom stereocenters. The lowest BCUT2D eigenvalue weighted by atomic mass is 10.2. The van der Waals surface area contributed by atoms with Crippen LogP contribution in [0, 0.1) is 0 Å². The maximum Gasteiger partial charge on any atom is 0.144 e. The van der Waals surface area contributed by atoms with Crippen molar-refractivity contribution in [2.75, 3.05) is 0 Å². The largest absolute Gasteiger partial charge is 0.508 e. The number of hydrogen-bond acceptors (Lipinski definition) is 2. The lowest BCUT2D eigenvalue weighted by Crippen LogP contribution is -1.88. The average molecular weight is 245 g/mol. The molecule has 0 bridgehead atoms. The zero-order chi connectivity index (χ0) is 11.8. The van der Waals surface area contributed by atoms with Gasteiger partial charge in [-0.2, -0.15) is 0 Å². The van der Waals surface area contributed by atoms with E-state index in [1.54, 1.807) is 18.3 Å². The first kappa shape index (κ1) is 10.2. The molecule has 0 saturated carbocycles. The summed E-state index contributed by atoms with van der Waals surface area (Å²) in [4.78, 5) is 4.36. The highest BCUT2D eigenvalue weighted by atomic mass is 35.5. The highest BCUT2D eigenvalue weighted by molar-refractivity contribution is 6.30. The summed E-state index contributed by atoms with van der Waals surface area (Å²) in [7, 11) is 0. The number of aromatic hydroxyl groups is 1. The Kier molecular flexibility index (Phi) is 2.27. The van der Waals surface area contributed by atoms with Gasteiger partial charge >= 0.3 is 0 Å². The van der Waals surface area contributed by atoms with Crippen LogP contribution in [0.15, 0.2) is 48.8 Å². The predicted octanol–water partition coefficient (Wildman–Crippen LogP) is 3.36. The first-order chi connectivity index (χ1) is 8.24. The van der Waals surface area contributed by atoms with Crippen LogP contribution in [0.2, 0.25) is 5.02 Å².